The van der Waals surface area contributed by atoms with Crippen molar-refractivity contribution in [2.24, 2.45) is 0 Å². The maximum absolute atomic E-state index is 10.4. The van der Waals surface area contributed by atoms with E-state index in [1.165, 1.54) is 11.1 Å². The Bertz CT molecular complexity index is 561. The summed E-state index contributed by atoms with van der Waals surface area (Å²) in [6.07, 6.45) is 0.0554. The van der Waals surface area contributed by atoms with Crippen molar-refractivity contribution in [1.29, 1.82) is 0 Å². The van der Waals surface area contributed by atoms with Gasteiger partial charge in [-0.05, 0) is 36.6 Å². The van der Waals surface area contributed by atoms with Crippen molar-refractivity contribution in [1.82, 2.24) is 0 Å². The Hall–Kier alpha value is -1.80. The van der Waals surface area contributed by atoms with Crippen LogP contribution in [0.15, 0.2) is 42.5 Å². The lowest BCUT2D eigenvalue weighted by Gasteiger charge is -2.15. The summed E-state index contributed by atoms with van der Waals surface area (Å²) in [5, 5.41) is 10.4. The van der Waals surface area contributed by atoms with Crippen LogP contribution < -0.4 is 4.74 Å². The Labute approximate surface area is 114 Å². The molecule has 1 atom stereocenters. The predicted molar refractivity (Wildman–Crippen MR) is 77.6 cm³/mol. The van der Waals surface area contributed by atoms with Crippen molar-refractivity contribution >= 4 is 0 Å². The molecule has 0 amide bonds. The first-order valence-corrected chi connectivity index (χ1v) is 6.49. The fourth-order valence-electron chi connectivity index (χ4n) is 2.21. The highest BCUT2D eigenvalue weighted by Crippen LogP contribution is 2.27. The van der Waals surface area contributed by atoms with Crippen molar-refractivity contribution in [3.05, 3.63) is 64.7 Å². The molecule has 0 spiro atoms. The third kappa shape index (κ3) is 3.15. The monoisotopic (exact) mass is 256 g/mol. The molecule has 0 aliphatic carbocycles. The van der Waals surface area contributed by atoms with Crippen LogP contribution in [0.3, 0.4) is 0 Å². The molecule has 0 aliphatic rings. The maximum Gasteiger partial charge on any atom is 0.124 e. The second-order valence-corrected chi connectivity index (χ2v) is 4.88. The zero-order valence-electron chi connectivity index (χ0n) is 11.7. The summed E-state index contributed by atoms with van der Waals surface area (Å²) in [7, 11) is 1.63. The summed E-state index contributed by atoms with van der Waals surface area (Å²) < 4.78 is 5.29. The number of aliphatic hydroxyl groups excluding tert-OH is 1. The molecule has 0 aromatic heterocycles. The lowest BCUT2D eigenvalue weighted by atomic mass is 9.98. The zero-order chi connectivity index (χ0) is 13.8. The van der Waals surface area contributed by atoms with Crippen molar-refractivity contribution in [3.63, 3.8) is 0 Å². The molecule has 2 aromatic carbocycles. The van der Waals surface area contributed by atoms with Gasteiger partial charge in [-0.3, -0.25) is 0 Å². The van der Waals surface area contributed by atoms with Crippen molar-refractivity contribution in [2.45, 2.75) is 26.4 Å². The fourth-order valence-corrected chi connectivity index (χ4v) is 2.21. The highest BCUT2D eigenvalue weighted by atomic mass is 16.5. The smallest absolute Gasteiger partial charge is 0.124 e. The molecule has 100 valence electrons. The van der Waals surface area contributed by atoms with Gasteiger partial charge in [0.25, 0.3) is 0 Å². The van der Waals surface area contributed by atoms with Crippen LogP contribution in [0.4, 0.5) is 0 Å². The maximum atomic E-state index is 10.4. The van der Waals surface area contributed by atoms with Crippen LogP contribution >= 0.6 is 0 Å². The number of aryl methyl sites for hydroxylation is 2. The predicted octanol–water partition coefficient (Wildman–Crippen LogP) is 3.59. The van der Waals surface area contributed by atoms with Gasteiger partial charge in [0, 0.05) is 12.0 Å². The van der Waals surface area contributed by atoms with Gasteiger partial charge in [0.15, 0.2) is 0 Å². The third-order valence-corrected chi connectivity index (χ3v) is 3.50. The van der Waals surface area contributed by atoms with Crippen LogP contribution in [0.5, 0.6) is 5.75 Å². The van der Waals surface area contributed by atoms with E-state index < -0.39 is 6.10 Å². The second kappa shape index (κ2) is 5.89. The molecule has 2 nitrogen and oxygen atoms in total. The van der Waals surface area contributed by atoms with Gasteiger partial charge in [0.1, 0.15) is 5.75 Å². The lowest BCUT2D eigenvalue weighted by molar-refractivity contribution is 0.174. The molecular formula is C17H20O2. The Balaban J connectivity index is 2.20. The summed E-state index contributed by atoms with van der Waals surface area (Å²) in [5.74, 6) is 0.735. The SMILES string of the molecule is COc1ccccc1C(O)Cc1ccc(C)c(C)c1. The van der Waals surface area contributed by atoms with Gasteiger partial charge in [0.2, 0.25) is 0 Å². The molecule has 0 saturated carbocycles. The Kier molecular flexibility index (Phi) is 4.23. The molecule has 0 bridgehead atoms. The van der Waals surface area contributed by atoms with Crippen molar-refractivity contribution in [2.75, 3.05) is 7.11 Å². The molecular weight excluding hydrogens is 236 g/mol. The number of methoxy groups -OCH3 is 1. The van der Waals surface area contributed by atoms with E-state index in [9.17, 15) is 5.11 Å². The molecule has 2 rings (SSSR count). The van der Waals surface area contributed by atoms with Crippen LogP contribution in [0.2, 0.25) is 0 Å². The minimum atomic E-state index is -0.543. The van der Waals surface area contributed by atoms with Gasteiger partial charge in [-0.2, -0.15) is 0 Å². The number of benzene rings is 2. The van der Waals surface area contributed by atoms with Crippen LogP contribution in [0.1, 0.15) is 28.4 Å². The van der Waals surface area contributed by atoms with E-state index in [1.54, 1.807) is 7.11 Å². The van der Waals surface area contributed by atoms with Gasteiger partial charge >= 0.3 is 0 Å². The van der Waals surface area contributed by atoms with E-state index in [0.29, 0.717) is 6.42 Å². The van der Waals surface area contributed by atoms with Crippen molar-refractivity contribution < 1.29 is 9.84 Å². The van der Waals surface area contributed by atoms with Gasteiger partial charge in [-0.25, -0.2) is 0 Å². The molecule has 0 aliphatic heterocycles. The number of hydrogen-bond acceptors (Lipinski definition) is 2. The van der Waals surface area contributed by atoms with E-state index in [2.05, 4.69) is 32.0 Å². The minimum absolute atomic E-state index is 0.543. The number of aliphatic hydroxyl groups is 1. The van der Waals surface area contributed by atoms with E-state index >= 15 is 0 Å². The van der Waals surface area contributed by atoms with E-state index in [0.717, 1.165) is 16.9 Å². The molecule has 2 heteroatoms. The summed E-state index contributed by atoms with van der Waals surface area (Å²) in [6, 6.07) is 13.9. The zero-order valence-corrected chi connectivity index (χ0v) is 11.7. The molecule has 19 heavy (non-hydrogen) atoms. The standard InChI is InChI=1S/C17H20O2/c1-12-8-9-14(10-13(12)2)11-16(18)15-6-4-5-7-17(15)19-3/h4-10,16,18H,11H2,1-3H3. The first-order valence-electron chi connectivity index (χ1n) is 6.49. The fraction of sp³-hybridized carbons (Fsp3) is 0.294. The highest BCUT2D eigenvalue weighted by molar-refractivity contribution is 5.37. The minimum Gasteiger partial charge on any atom is -0.496 e. The summed E-state index contributed by atoms with van der Waals surface area (Å²) in [6.45, 7) is 4.18. The summed E-state index contributed by atoms with van der Waals surface area (Å²) in [5.41, 5.74) is 4.50. The molecule has 1 N–H and O–H groups in total. The Morgan fingerprint density at radius 3 is 2.47 bits per heavy atom. The van der Waals surface area contributed by atoms with E-state index in [-0.39, 0.29) is 0 Å². The van der Waals surface area contributed by atoms with Crippen molar-refractivity contribution in [3.8, 4) is 5.75 Å². The van der Waals surface area contributed by atoms with E-state index in [4.69, 9.17) is 4.74 Å². The first kappa shape index (κ1) is 13.6. The highest BCUT2D eigenvalue weighted by Gasteiger charge is 2.13. The largest absolute Gasteiger partial charge is 0.496 e. The Morgan fingerprint density at radius 1 is 1.05 bits per heavy atom. The van der Waals surface area contributed by atoms with Gasteiger partial charge in [-0.15, -0.1) is 0 Å². The molecule has 0 fully saturated rings. The quantitative estimate of drug-likeness (QED) is 0.906. The van der Waals surface area contributed by atoms with Crippen LogP contribution in [-0.2, 0) is 6.42 Å². The average Bonchev–Trinajstić information content (AvgIpc) is 2.43. The molecule has 0 radical (unpaired) electrons. The molecule has 0 saturated heterocycles. The summed E-state index contributed by atoms with van der Waals surface area (Å²) >= 11 is 0. The molecule has 2 aromatic rings. The lowest BCUT2D eigenvalue weighted by Crippen LogP contribution is -2.04. The molecule has 1 unspecified atom stereocenters. The average molecular weight is 256 g/mol. The number of hydrogen-bond donors (Lipinski definition) is 1. The number of ether oxygens (including phenoxy) is 1. The first-order chi connectivity index (χ1) is 9.11. The summed E-state index contributed by atoms with van der Waals surface area (Å²) in [4.78, 5) is 0. The topological polar surface area (TPSA) is 29.5 Å². The Morgan fingerprint density at radius 2 is 1.79 bits per heavy atom. The van der Waals surface area contributed by atoms with Crippen LogP contribution in [0, 0.1) is 13.8 Å². The second-order valence-electron chi connectivity index (χ2n) is 4.88. The van der Waals surface area contributed by atoms with Crippen LogP contribution in [-0.4, -0.2) is 12.2 Å². The number of rotatable bonds is 4. The van der Waals surface area contributed by atoms with E-state index in [1.807, 2.05) is 24.3 Å². The van der Waals surface area contributed by atoms with Gasteiger partial charge in [-0.1, -0.05) is 36.4 Å². The van der Waals surface area contributed by atoms with Gasteiger partial charge < -0.3 is 9.84 Å². The van der Waals surface area contributed by atoms with Crippen LogP contribution in [0.25, 0.3) is 0 Å². The molecule has 0 heterocycles. The normalized spacial score (nSPS) is 12.2. The number of para-hydroxylation sites is 1. The third-order valence-electron chi connectivity index (χ3n) is 3.50. The van der Waals surface area contributed by atoms with Gasteiger partial charge in [0.05, 0.1) is 13.2 Å².